The van der Waals surface area contributed by atoms with Gasteiger partial charge in [0.25, 0.3) is 0 Å². The minimum Gasteiger partial charge on any atom is -0.405 e. The molecule has 168 valence electrons. The van der Waals surface area contributed by atoms with Gasteiger partial charge in [-0.05, 0) is 41.6 Å². The molecule has 3 rings (SSSR count). The minimum absolute atomic E-state index is 0.0759. The lowest BCUT2D eigenvalue weighted by Gasteiger charge is -2.16. The first-order valence-electron chi connectivity index (χ1n) is 9.52. The van der Waals surface area contributed by atoms with Gasteiger partial charge in [0.05, 0.1) is 16.5 Å². The summed E-state index contributed by atoms with van der Waals surface area (Å²) < 4.78 is 42.3. The smallest absolute Gasteiger partial charge is 0.405 e. The van der Waals surface area contributed by atoms with E-state index in [0.717, 1.165) is 16.2 Å². The fourth-order valence-electron chi connectivity index (χ4n) is 3.05. The van der Waals surface area contributed by atoms with Gasteiger partial charge in [0.1, 0.15) is 5.75 Å². The number of hydrogen-bond donors (Lipinski definition) is 1. The van der Waals surface area contributed by atoms with E-state index in [4.69, 9.17) is 23.2 Å². The third-order valence-electron chi connectivity index (χ3n) is 4.31. The molecule has 1 N–H and O–H groups in total. The predicted molar refractivity (Wildman–Crippen MR) is 124 cm³/mol. The molecule has 0 fully saturated rings. The van der Waals surface area contributed by atoms with Crippen molar-refractivity contribution in [2.45, 2.75) is 24.6 Å². The lowest BCUT2D eigenvalue weighted by molar-refractivity contribution is -0.274. The minimum atomic E-state index is -4.86. The summed E-state index contributed by atoms with van der Waals surface area (Å²) in [6.07, 6.45) is -4.72. The lowest BCUT2D eigenvalue weighted by Crippen LogP contribution is -2.17. The molecule has 1 amide bonds. The maximum Gasteiger partial charge on any atom is 0.573 e. The SMILES string of the molecule is CCSc1ccc(CC(=O)Nc2cc(Cl)c(-c3ccccc3OC(F)(F)F)c(Cl)c2)cc1. The molecule has 0 saturated heterocycles. The van der Waals surface area contributed by atoms with Gasteiger partial charge in [-0.3, -0.25) is 4.79 Å². The van der Waals surface area contributed by atoms with Gasteiger partial charge in [-0.2, -0.15) is 0 Å². The number of carbonyl (C=O) groups is 1. The number of thioether (sulfide) groups is 1. The normalized spacial score (nSPS) is 11.3. The predicted octanol–water partition coefficient (Wildman–Crippen LogP) is 7.85. The first-order chi connectivity index (χ1) is 15.2. The van der Waals surface area contributed by atoms with Crippen LogP contribution in [0.2, 0.25) is 10.0 Å². The number of hydrogen-bond acceptors (Lipinski definition) is 3. The number of nitrogens with one attached hydrogen (secondary N) is 1. The molecule has 3 nitrogen and oxygen atoms in total. The van der Waals surface area contributed by atoms with Gasteiger partial charge in [-0.1, -0.05) is 60.5 Å². The molecule has 0 spiro atoms. The standard InChI is InChI=1S/C23H18Cl2F3NO2S/c1-2-32-16-9-7-14(8-10-16)11-21(30)29-15-12-18(24)22(19(25)13-15)17-5-3-4-6-20(17)31-23(26,27)28/h3-10,12-13H,2,11H2,1H3,(H,29,30). The van der Waals surface area contributed by atoms with Crippen molar-refractivity contribution >= 4 is 46.6 Å². The van der Waals surface area contributed by atoms with E-state index in [1.165, 1.54) is 30.3 Å². The van der Waals surface area contributed by atoms with Crippen LogP contribution < -0.4 is 10.1 Å². The molecule has 0 radical (unpaired) electrons. The zero-order valence-electron chi connectivity index (χ0n) is 16.8. The van der Waals surface area contributed by atoms with Crippen molar-refractivity contribution in [3.63, 3.8) is 0 Å². The van der Waals surface area contributed by atoms with E-state index in [0.29, 0.717) is 5.69 Å². The number of benzene rings is 3. The molecule has 0 atom stereocenters. The van der Waals surface area contributed by atoms with Crippen molar-refractivity contribution in [3.8, 4) is 16.9 Å². The topological polar surface area (TPSA) is 38.3 Å². The van der Waals surface area contributed by atoms with Gasteiger partial charge in [0, 0.05) is 21.7 Å². The number of alkyl halides is 3. The number of carbonyl (C=O) groups excluding carboxylic acids is 1. The summed E-state index contributed by atoms with van der Waals surface area (Å²) in [5, 5.41) is 2.87. The molecule has 0 bridgehead atoms. The molecule has 0 unspecified atom stereocenters. The highest BCUT2D eigenvalue weighted by atomic mass is 35.5. The van der Waals surface area contributed by atoms with Crippen LogP contribution in [0.3, 0.4) is 0 Å². The molecule has 0 saturated carbocycles. The van der Waals surface area contributed by atoms with Crippen LogP contribution in [0.5, 0.6) is 5.75 Å². The molecular formula is C23H18Cl2F3NO2S. The van der Waals surface area contributed by atoms with Gasteiger partial charge in [-0.15, -0.1) is 24.9 Å². The van der Waals surface area contributed by atoms with Crippen molar-refractivity contribution in [3.05, 3.63) is 76.3 Å². The Bertz CT molecular complexity index is 1080. The van der Waals surface area contributed by atoms with E-state index in [1.54, 1.807) is 17.8 Å². The highest BCUT2D eigenvalue weighted by Gasteiger charge is 2.32. The number of para-hydroxylation sites is 1. The fraction of sp³-hybridized carbons (Fsp3) is 0.174. The second-order valence-electron chi connectivity index (χ2n) is 6.66. The largest absolute Gasteiger partial charge is 0.573 e. The molecule has 3 aromatic rings. The van der Waals surface area contributed by atoms with Crippen LogP contribution in [0.15, 0.2) is 65.6 Å². The zero-order chi connectivity index (χ0) is 23.3. The van der Waals surface area contributed by atoms with Crippen LogP contribution in [-0.4, -0.2) is 18.0 Å². The summed E-state index contributed by atoms with van der Waals surface area (Å²) in [7, 11) is 0. The third kappa shape index (κ3) is 6.58. The Balaban J connectivity index is 1.78. The Morgan fingerprint density at radius 1 is 1.03 bits per heavy atom. The Kier molecular flexibility index (Phi) is 7.98. The first-order valence-corrected chi connectivity index (χ1v) is 11.3. The average Bonchev–Trinajstić information content (AvgIpc) is 2.69. The average molecular weight is 500 g/mol. The fourth-order valence-corrected chi connectivity index (χ4v) is 4.40. The van der Waals surface area contributed by atoms with Crippen LogP contribution in [0, 0.1) is 0 Å². The quantitative estimate of drug-likeness (QED) is 0.336. The number of amides is 1. The van der Waals surface area contributed by atoms with E-state index in [2.05, 4.69) is 17.0 Å². The Hall–Kier alpha value is -2.35. The van der Waals surface area contributed by atoms with E-state index in [-0.39, 0.29) is 33.5 Å². The number of rotatable bonds is 7. The van der Waals surface area contributed by atoms with Crippen LogP contribution in [-0.2, 0) is 11.2 Å². The van der Waals surface area contributed by atoms with E-state index in [1.807, 2.05) is 24.3 Å². The summed E-state index contributed by atoms with van der Waals surface area (Å²) in [6, 6.07) is 16.1. The zero-order valence-corrected chi connectivity index (χ0v) is 19.1. The highest BCUT2D eigenvalue weighted by Crippen LogP contribution is 2.42. The van der Waals surface area contributed by atoms with E-state index in [9.17, 15) is 18.0 Å². The molecule has 0 heterocycles. The maximum absolute atomic E-state index is 12.7. The van der Waals surface area contributed by atoms with E-state index >= 15 is 0 Å². The van der Waals surface area contributed by atoms with Crippen molar-refractivity contribution in [1.82, 2.24) is 0 Å². The van der Waals surface area contributed by atoms with Gasteiger partial charge in [0.15, 0.2) is 0 Å². The summed E-state index contributed by atoms with van der Waals surface area (Å²) in [5.41, 5.74) is 1.44. The van der Waals surface area contributed by atoms with Crippen LogP contribution in [0.25, 0.3) is 11.1 Å². The van der Waals surface area contributed by atoms with Gasteiger partial charge >= 0.3 is 6.36 Å². The van der Waals surface area contributed by atoms with Crippen LogP contribution >= 0.6 is 35.0 Å². The highest BCUT2D eigenvalue weighted by molar-refractivity contribution is 7.99. The van der Waals surface area contributed by atoms with Gasteiger partial charge in [0.2, 0.25) is 5.91 Å². The molecule has 9 heteroatoms. The van der Waals surface area contributed by atoms with Gasteiger partial charge in [-0.25, -0.2) is 0 Å². The lowest BCUT2D eigenvalue weighted by atomic mass is 10.0. The summed E-state index contributed by atoms with van der Waals surface area (Å²) >= 11 is 14.4. The molecule has 3 aromatic carbocycles. The Morgan fingerprint density at radius 3 is 2.25 bits per heavy atom. The summed E-state index contributed by atoms with van der Waals surface area (Å²) in [6.45, 7) is 2.06. The number of anilines is 1. The Labute approximate surface area is 197 Å². The van der Waals surface area contributed by atoms with Crippen molar-refractivity contribution in [2.75, 3.05) is 11.1 Å². The molecular weight excluding hydrogens is 482 g/mol. The maximum atomic E-state index is 12.7. The monoisotopic (exact) mass is 499 g/mol. The molecule has 0 aliphatic carbocycles. The van der Waals surface area contributed by atoms with E-state index < -0.39 is 12.1 Å². The second kappa shape index (κ2) is 10.5. The van der Waals surface area contributed by atoms with Crippen molar-refractivity contribution in [2.24, 2.45) is 0 Å². The third-order valence-corrected chi connectivity index (χ3v) is 5.80. The molecule has 0 aliphatic heterocycles. The Morgan fingerprint density at radius 2 is 1.66 bits per heavy atom. The second-order valence-corrected chi connectivity index (χ2v) is 8.81. The number of ether oxygens (including phenoxy) is 1. The first kappa shape index (κ1) is 24.3. The van der Waals surface area contributed by atoms with Crippen molar-refractivity contribution in [1.29, 1.82) is 0 Å². The summed E-state index contributed by atoms with van der Waals surface area (Å²) in [5.74, 6) is 0.260. The van der Waals surface area contributed by atoms with Gasteiger partial charge < -0.3 is 10.1 Å². The molecule has 32 heavy (non-hydrogen) atoms. The molecule has 0 aliphatic rings. The molecule has 0 aromatic heterocycles. The summed E-state index contributed by atoms with van der Waals surface area (Å²) in [4.78, 5) is 13.6. The number of halogens is 5. The van der Waals surface area contributed by atoms with Crippen LogP contribution in [0.4, 0.5) is 18.9 Å². The van der Waals surface area contributed by atoms with Crippen LogP contribution in [0.1, 0.15) is 12.5 Å². The van der Waals surface area contributed by atoms with Crippen molar-refractivity contribution < 1.29 is 22.7 Å².